The highest BCUT2D eigenvalue weighted by Crippen LogP contribution is 2.25. The fraction of sp³-hybridized carbons (Fsp3) is 1.00. The van der Waals surface area contributed by atoms with Crippen molar-refractivity contribution in [1.29, 1.82) is 0 Å². The summed E-state index contributed by atoms with van der Waals surface area (Å²) in [6.45, 7) is 8.31. The van der Waals surface area contributed by atoms with Gasteiger partial charge in [0.25, 0.3) is 0 Å². The van der Waals surface area contributed by atoms with Crippen molar-refractivity contribution in [3.8, 4) is 0 Å². The fourth-order valence-electron chi connectivity index (χ4n) is 3.27. The van der Waals surface area contributed by atoms with E-state index in [-0.39, 0.29) is 0 Å². The Balaban J connectivity index is 2.22. The highest BCUT2D eigenvalue weighted by molar-refractivity contribution is 4.76. The first-order valence-electron chi connectivity index (χ1n) is 8.51. The second-order valence-corrected chi connectivity index (χ2v) is 6.37. The normalized spacial score (nSPS) is 21.5. The van der Waals surface area contributed by atoms with Gasteiger partial charge in [0.2, 0.25) is 0 Å². The highest BCUT2D eigenvalue weighted by atomic mass is 14.9. The number of hydrogen-bond donors (Lipinski definition) is 1. The second kappa shape index (κ2) is 9.83. The summed E-state index contributed by atoms with van der Waals surface area (Å²) in [5.41, 5.74) is 0. The summed E-state index contributed by atoms with van der Waals surface area (Å²) in [7, 11) is 0. The Morgan fingerprint density at radius 1 is 1.06 bits per heavy atom. The van der Waals surface area contributed by atoms with Crippen molar-refractivity contribution < 1.29 is 0 Å². The van der Waals surface area contributed by atoms with E-state index >= 15 is 0 Å². The van der Waals surface area contributed by atoms with Crippen LogP contribution in [0.3, 0.4) is 0 Å². The average Bonchev–Trinajstić information content (AvgIpc) is 2.67. The summed E-state index contributed by atoms with van der Waals surface area (Å²) < 4.78 is 0. The SMILES string of the molecule is CCCCC(CC)CN[C@H](C)C1CCCCCC1. The number of unbranched alkanes of at least 4 members (excludes halogenated alkanes) is 1. The van der Waals surface area contributed by atoms with Gasteiger partial charge >= 0.3 is 0 Å². The Hall–Kier alpha value is -0.0400. The first-order chi connectivity index (χ1) is 8.77. The molecule has 1 saturated carbocycles. The standard InChI is InChI=1S/C17H35N/c1-4-6-11-16(5-2)14-18-15(3)17-12-9-7-8-10-13-17/h15-18H,4-14H2,1-3H3/t15-,16?/m1/s1. The molecule has 0 bridgehead atoms. The summed E-state index contributed by atoms with van der Waals surface area (Å²) in [5.74, 6) is 1.84. The molecule has 1 aliphatic rings. The third kappa shape index (κ3) is 6.22. The molecule has 0 aromatic heterocycles. The molecule has 1 aliphatic carbocycles. The van der Waals surface area contributed by atoms with Gasteiger partial charge in [0.05, 0.1) is 0 Å². The molecule has 0 aliphatic heterocycles. The quantitative estimate of drug-likeness (QED) is 0.590. The van der Waals surface area contributed by atoms with Gasteiger partial charge in [0.1, 0.15) is 0 Å². The third-order valence-corrected chi connectivity index (χ3v) is 4.88. The molecular weight excluding hydrogens is 218 g/mol. The van der Waals surface area contributed by atoms with Gasteiger partial charge in [-0.05, 0) is 44.6 Å². The van der Waals surface area contributed by atoms with Crippen LogP contribution in [-0.4, -0.2) is 12.6 Å². The Kier molecular flexibility index (Phi) is 8.75. The van der Waals surface area contributed by atoms with E-state index in [1.165, 1.54) is 70.8 Å². The van der Waals surface area contributed by atoms with Gasteiger partial charge in [-0.2, -0.15) is 0 Å². The predicted octanol–water partition coefficient (Wildman–Crippen LogP) is 5.15. The van der Waals surface area contributed by atoms with Crippen LogP contribution in [0.5, 0.6) is 0 Å². The van der Waals surface area contributed by atoms with Crippen molar-refractivity contribution in [2.24, 2.45) is 11.8 Å². The Labute approximate surface area is 115 Å². The highest BCUT2D eigenvalue weighted by Gasteiger charge is 2.19. The molecule has 1 nitrogen and oxygen atoms in total. The van der Waals surface area contributed by atoms with E-state index in [1.807, 2.05) is 0 Å². The minimum absolute atomic E-state index is 0.735. The molecule has 0 saturated heterocycles. The molecule has 0 radical (unpaired) electrons. The maximum absolute atomic E-state index is 3.84. The molecule has 18 heavy (non-hydrogen) atoms. The van der Waals surface area contributed by atoms with Crippen LogP contribution in [0.25, 0.3) is 0 Å². The molecule has 108 valence electrons. The molecule has 0 aromatic rings. The van der Waals surface area contributed by atoms with Gasteiger partial charge in [0, 0.05) is 6.04 Å². The predicted molar refractivity (Wildman–Crippen MR) is 82.0 cm³/mol. The van der Waals surface area contributed by atoms with Gasteiger partial charge in [-0.25, -0.2) is 0 Å². The van der Waals surface area contributed by atoms with Crippen LogP contribution in [0, 0.1) is 11.8 Å². The number of hydrogen-bond acceptors (Lipinski definition) is 1. The topological polar surface area (TPSA) is 12.0 Å². The first-order valence-corrected chi connectivity index (χ1v) is 8.51. The molecule has 1 heteroatoms. The molecule has 1 rings (SSSR count). The average molecular weight is 253 g/mol. The van der Waals surface area contributed by atoms with E-state index in [0.29, 0.717) is 0 Å². The van der Waals surface area contributed by atoms with E-state index in [9.17, 15) is 0 Å². The minimum atomic E-state index is 0.735. The Morgan fingerprint density at radius 3 is 2.28 bits per heavy atom. The van der Waals surface area contributed by atoms with E-state index < -0.39 is 0 Å². The second-order valence-electron chi connectivity index (χ2n) is 6.37. The summed E-state index contributed by atoms with van der Waals surface area (Å²) in [5, 5.41) is 3.84. The van der Waals surface area contributed by atoms with Crippen LogP contribution in [-0.2, 0) is 0 Å². The van der Waals surface area contributed by atoms with Crippen molar-refractivity contribution in [2.75, 3.05) is 6.54 Å². The zero-order valence-corrected chi connectivity index (χ0v) is 13.0. The zero-order valence-electron chi connectivity index (χ0n) is 13.0. The van der Waals surface area contributed by atoms with Gasteiger partial charge in [-0.1, -0.05) is 58.8 Å². The summed E-state index contributed by atoms with van der Waals surface area (Å²) >= 11 is 0. The minimum Gasteiger partial charge on any atom is -0.314 e. The molecule has 1 N–H and O–H groups in total. The van der Waals surface area contributed by atoms with Crippen LogP contribution in [0.1, 0.15) is 85.0 Å². The van der Waals surface area contributed by atoms with Gasteiger partial charge in [-0.15, -0.1) is 0 Å². The lowest BCUT2D eigenvalue weighted by atomic mass is 9.92. The van der Waals surface area contributed by atoms with Crippen LogP contribution >= 0.6 is 0 Å². The fourth-order valence-corrected chi connectivity index (χ4v) is 3.27. The van der Waals surface area contributed by atoms with Gasteiger partial charge < -0.3 is 5.32 Å². The molecule has 1 unspecified atom stereocenters. The van der Waals surface area contributed by atoms with Crippen LogP contribution in [0.15, 0.2) is 0 Å². The number of rotatable bonds is 8. The van der Waals surface area contributed by atoms with Crippen molar-refractivity contribution in [3.05, 3.63) is 0 Å². The molecule has 0 heterocycles. The van der Waals surface area contributed by atoms with Crippen LogP contribution in [0.4, 0.5) is 0 Å². The molecule has 0 aromatic carbocycles. The molecule has 0 amide bonds. The van der Waals surface area contributed by atoms with Crippen LogP contribution in [0.2, 0.25) is 0 Å². The summed E-state index contributed by atoms with van der Waals surface area (Å²) in [6, 6.07) is 0.735. The summed E-state index contributed by atoms with van der Waals surface area (Å²) in [6.07, 6.45) is 14.3. The molecule has 1 fully saturated rings. The molecule has 2 atom stereocenters. The monoisotopic (exact) mass is 253 g/mol. The van der Waals surface area contributed by atoms with Crippen molar-refractivity contribution in [3.63, 3.8) is 0 Å². The lowest BCUT2D eigenvalue weighted by Crippen LogP contribution is -2.36. The van der Waals surface area contributed by atoms with E-state index in [1.54, 1.807) is 0 Å². The maximum atomic E-state index is 3.84. The van der Waals surface area contributed by atoms with Gasteiger partial charge in [-0.3, -0.25) is 0 Å². The van der Waals surface area contributed by atoms with Crippen LogP contribution < -0.4 is 5.32 Å². The zero-order chi connectivity index (χ0) is 13.2. The molecule has 0 spiro atoms. The lowest BCUT2D eigenvalue weighted by molar-refractivity contribution is 0.308. The Morgan fingerprint density at radius 2 is 1.72 bits per heavy atom. The van der Waals surface area contributed by atoms with Crippen molar-refractivity contribution in [1.82, 2.24) is 5.32 Å². The third-order valence-electron chi connectivity index (χ3n) is 4.88. The largest absolute Gasteiger partial charge is 0.314 e. The van der Waals surface area contributed by atoms with Gasteiger partial charge in [0.15, 0.2) is 0 Å². The first kappa shape index (κ1) is 16.0. The molecular formula is C17H35N. The maximum Gasteiger partial charge on any atom is 0.00671 e. The van der Waals surface area contributed by atoms with E-state index in [0.717, 1.165) is 17.9 Å². The lowest BCUT2D eigenvalue weighted by Gasteiger charge is -2.26. The van der Waals surface area contributed by atoms with Crippen molar-refractivity contribution in [2.45, 2.75) is 91.0 Å². The Bertz CT molecular complexity index is 182. The smallest absolute Gasteiger partial charge is 0.00671 e. The number of nitrogens with one attached hydrogen (secondary N) is 1. The van der Waals surface area contributed by atoms with E-state index in [4.69, 9.17) is 0 Å². The van der Waals surface area contributed by atoms with Crippen molar-refractivity contribution >= 4 is 0 Å². The summed E-state index contributed by atoms with van der Waals surface area (Å²) in [4.78, 5) is 0. The van der Waals surface area contributed by atoms with E-state index in [2.05, 4.69) is 26.1 Å².